The Balaban J connectivity index is 1.80. The number of nitrogens with two attached hydrogens (primary N) is 1. The van der Waals surface area contributed by atoms with Crippen LogP contribution >= 0.6 is 0 Å². The van der Waals surface area contributed by atoms with Crippen LogP contribution in [0.5, 0.6) is 0 Å². The molecule has 2 rings (SSSR count). The summed E-state index contributed by atoms with van der Waals surface area (Å²) < 4.78 is 13.0. The van der Waals surface area contributed by atoms with Crippen molar-refractivity contribution in [3.8, 4) is 0 Å². The lowest BCUT2D eigenvalue weighted by Crippen LogP contribution is -2.52. The van der Waals surface area contributed by atoms with E-state index in [0.29, 0.717) is 13.0 Å². The van der Waals surface area contributed by atoms with Crippen LogP contribution in [-0.2, 0) is 11.2 Å². The lowest BCUT2D eigenvalue weighted by atomic mass is 9.98. The van der Waals surface area contributed by atoms with Crippen LogP contribution in [0.2, 0.25) is 0 Å². The highest BCUT2D eigenvalue weighted by Crippen LogP contribution is 2.27. The van der Waals surface area contributed by atoms with E-state index in [-0.39, 0.29) is 11.7 Å². The van der Waals surface area contributed by atoms with Gasteiger partial charge in [0.2, 0.25) is 5.91 Å². The van der Waals surface area contributed by atoms with Crippen molar-refractivity contribution in [2.75, 3.05) is 6.54 Å². The van der Waals surface area contributed by atoms with Crippen molar-refractivity contribution in [2.45, 2.75) is 37.6 Å². The Morgan fingerprint density at radius 1 is 1.39 bits per heavy atom. The lowest BCUT2D eigenvalue weighted by molar-refractivity contribution is -0.126. The average Bonchev–Trinajstić information content (AvgIpc) is 2.77. The Labute approximate surface area is 107 Å². The second kappa shape index (κ2) is 5.48. The largest absolute Gasteiger partial charge is 0.354 e. The molecule has 1 saturated carbocycles. The molecule has 0 spiro atoms. The summed E-state index contributed by atoms with van der Waals surface area (Å²) in [5.41, 5.74) is 6.24. The van der Waals surface area contributed by atoms with Crippen LogP contribution < -0.4 is 11.1 Å². The van der Waals surface area contributed by atoms with Gasteiger partial charge in [0.15, 0.2) is 0 Å². The van der Waals surface area contributed by atoms with Crippen molar-refractivity contribution in [3.05, 3.63) is 35.6 Å². The molecule has 0 atom stereocenters. The molecule has 0 heterocycles. The van der Waals surface area contributed by atoms with Gasteiger partial charge in [-0.3, -0.25) is 4.79 Å². The first-order valence-corrected chi connectivity index (χ1v) is 6.42. The third-order valence-electron chi connectivity index (χ3n) is 3.54. The van der Waals surface area contributed by atoms with Crippen LogP contribution in [-0.4, -0.2) is 18.0 Å². The van der Waals surface area contributed by atoms with Crippen molar-refractivity contribution in [2.24, 2.45) is 5.73 Å². The van der Waals surface area contributed by atoms with Gasteiger partial charge in [-0.1, -0.05) is 25.0 Å². The molecule has 0 bridgehead atoms. The molecule has 1 aromatic rings. The molecule has 3 nitrogen and oxygen atoms in total. The van der Waals surface area contributed by atoms with E-state index >= 15 is 0 Å². The highest BCUT2D eigenvalue weighted by molar-refractivity contribution is 5.86. The van der Waals surface area contributed by atoms with E-state index in [4.69, 9.17) is 5.73 Å². The number of carbonyl (C=O) groups is 1. The lowest BCUT2D eigenvalue weighted by Gasteiger charge is -2.22. The molecule has 4 heteroatoms. The standard InChI is InChI=1S/C14H19FN2O/c15-12-5-3-4-11(10-12)6-9-17-13(18)14(16)7-1-2-8-14/h3-5,10H,1-2,6-9,16H2,(H,17,18). The minimum absolute atomic E-state index is 0.0728. The smallest absolute Gasteiger partial charge is 0.240 e. The number of amides is 1. The molecular weight excluding hydrogens is 231 g/mol. The fourth-order valence-corrected chi connectivity index (χ4v) is 2.42. The summed E-state index contributed by atoms with van der Waals surface area (Å²) in [6.45, 7) is 0.501. The Morgan fingerprint density at radius 3 is 2.78 bits per heavy atom. The minimum atomic E-state index is -0.679. The maximum atomic E-state index is 13.0. The van der Waals surface area contributed by atoms with Gasteiger partial charge in [0.05, 0.1) is 5.54 Å². The third kappa shape index (κ3) is 3.07. The SMILES string of the molecule is NC1(C(=O)NCCc2cccc(F)c2)CCCC1. The van der Waals surface area contributed by atoms with Crippen molar-refractivity contribution in [1.82, 2.24) is 5.32 Å². The molecule has 18 heavy (non-hydrogen) atoms. The second-order valence-electron chi connectivity index (χ2n) is 5.00. The molecule has 0 aliphatic heterocycles. The third-order valence-corrected chi connectivity index (χ3v) is 3.54. The molecule has 0 aromatic heterocycles. The van der Waals surface area contributed by atoms with E-state index in [2.05, 4.69) is 5.32 Å². The first-order chi connectivity index (χ1) is 8.60. The van der Waals surface area contributed by atoms with Crippen molar-refractivity contribution in [3.63, 3.8) is 0 Å². The highest BCUT2D eigenvalue weighted by Gasteiger charge is 2.36. The van der Waals surface area contributed by atoms with Gasteiger partial charge in [-0.05, 0) is 37.0 Å². The summed E-state index contributed by atoms with van der Waals surface area (Å²) >= 11 is 0. The van der Waals surface area contributed by atoms with E-state index in [1.54, 1.807) is 6.07 Å². The number of hydrogen-bond donors (Lipinski definition) is 2. The fourth-order valence-electron chi connectivity index (χ4n) is 2.42. The van der Waals surface area contributed by atoms with Crippen molar-refractivity contribution in [1.29, 1.82) is 0 Å². The highest BCUT2D eigenvalue weighted by atomic mass is 19.1. The maximum absolute atomic E-state index is 13.0. The molecule has 98 valence electrons. The number of nitrogens with one attached hydrogen (secondary N) is 1. The van der Waals surface area contributed by atoms with Crippen molar-refractivity contribution >= 4 is 5.91 Å². The first-order valence-electron chi connectivity index (χ1n) is 6.42. The summed E-state index contributed by atoms with van der Waals surface area (Å²) in [7, 11) is 0. The zero-order valence-electron chi connectivity index (χ0n) is 10.4. The van der Waals surface area contributed by atoms with Crippen LogP contribution in [0.3, 0.4) is 0 Å². The summed E-state index contributed by atoms with van der Waals surface area (Å²) in [5, 5.41) is 2.85. The number of rotatable bonds is 4. The van der Waals surface area contributed by atoms with E-state index < -0.39 is 5.54 Å². The topological polar surface area (TPSA) is 55.1 Å². The number of halogens is 1. The quantitative estimate of drug-likeness (QED) is 0.855. The number of hydrogen-bond acceptors (Lipinski definition) is 2. The van der Waals surface area contributed by atoms with E-state index in [1.807, 2.05) is 6.07 Å². The molecule has 0 radical (unpaired) electrons. The van der Waals surface area contributed by atoms with Gasteiger partial charge in [-0.15, -0.1) is 0 Å². The van der Waals surface area contributed by atoms with Gasteiger partial charge >= 0.3 is 0 Å². The minimum Gasteiger partial charge on any atom is -0.354 e. The molecule has 3 N–H and O–H groups in total. The van der Waals surface area contributed by atoms with Crippen LogP contribution in [0.15, 0.2) is 24.3 Å². The van der Waals surface area contributed by atoms with Gasteiger partial charge in [-0.2, -0.15) is 0 Å². The van der Waals surface area contributed by atoms with Gasteiger partial charge in [0.1, 0.15) is 5.82 Å². The predicted octanol–water partition coefficient (Wildman–Crippen LogP) is 1.76. The summed E-state index contributed by atoms with van der Waals surface area (Å²) in [6, 6.07) is 6.42. The zero-order chi connectivity index (χ0) is 13.0. The van der Waals surface area contributed by atoms with Crippen LogP contribution in [0.4, 0.5) is 4.39 Å². The molecule has 1 fully saturated rings. The second-order valence-corrected chi connectivity index (χ2v) is 5.00. The van der Waals surface area contributed by atoms with Gasteiger partial charge in [-0.25, -0.2) is 4.39 Å². The van der Waals surface area contributed by atoms with Crippen LogP contribution in [0.25, 0.3) is 0 Å². The van der Waals surface area contributed by atoms with Crippen molar-refractivity contribution < 1.29 is 9.18 Å². The fraction of sp³-hybridized carbons (Fsp3) is 0.500. The Hall–Kier alpha value is -1.42. The molecule has 0 saturated heterocycles. The first kappa shape index (κ1) is 13.0. The van der Waals surface area contributed by atoms with Gasteiger partial charge in [0, 0.05) is 6.54 Å². The molecule has 1 amide bonds. The monoisotopic (exact) mass is 250 g/mol. The molecular formula is C14H19FN2O. The summed E-state index contributed by atoms with van der Waals surface area (Å²) in [4.78, 5) is 11.9. The molecule has 1 aliphatic rings. The maximum Gasteiger partial charge on any atom is 0.240 e. The molecule has 1 aromatic carbocycles. The van der Waals surface area contributed by atoms with Crippen LogP contribution in [0.1, 0.15) is 31.2 Å². The zero-order valence-corrected chi connectivity index (χ0v) is 10.4. The molecule has 1 aliphatic carbocycles. The van der Waals surface area contributed by atoms with E-state index in [0.717, 1.165) is 31.2 Å². The number of carbonyl (C=O) groups excluding carboxylic acids is 1. The average molecular weight is 250 g/mol. The van der Waals surface area contributed by atoms with E-state index in [1.165, 1.54) is 12.1 Å². The van der Waals surface area contributed by atoms with E-state index in [9.17, 15) is 9.18 Å². The normalized spacial score (nSPS) is 17.7. The number of benzene rings is 1. The molecule has 0 unspecified atom stereocenters. The summed E-state index contributed by atoms with van der Waals surface area (Å²) in [6.07, 6.45) is 4.19. The van der Waals surface area contributed by atoms with Crippen LogP contribution in [0, 0.1) is 5.82 Å². The van der Waals surface area contributed by atoms with Gasteiger partial charge < -0.3 is 11.1 Å². The summed E-state index contributed by atoms with van der Waals surface area (Å²) in [5.74, 6) is -0.318. The van der Waals surface area contributed by atoms with Gasteiger partial charge in [0.25, 0.3) is 0 Å². The Kier molecular flexibility index (Phi) is 3.97. The Bertz CT molecular complexity index is 428. The Morgan fingerprint density at radius 2 is 2.11 bits per heavy atom. The predicted molar refractivity (Wildman–Crippen MR) is 68.5 cm³/mol.